The quantitative estimate of drug-likeness (QED) is 0.539. The number of ether oxygens (including phenoxy) is 1. The van der Waals surface area contributed by atoms with Crippen molar-refractivity contribution in [2.45, 2.75) is 27.7 Å². The first-order valence-electron chi connectivity index (χ1n) is 7.19. The van der Waals surface area contributed by atoms with Gasteiger partial charge in [0.25, 0.3) is 0 Å². The van der Waals surface area contributed by atoms with Gasteiger partial charge < -0.3 is 4.74 Å². The predicted octanol–water partition coefficient (Wildman–Crippen LogP) is 6.01. The lowest BCUT2D eigenvalue weighted by molar-refractivity contribution is 0.483. The molecule has 0 fully saturated rings. The number of halogens is 1. The lowest BCUT2D eigenvalue weighted by Crippen LogP contribution is -1.83. The van der Waals surface area contributed by atoms with Crippen LogP contribution in [0, 0.1) is 3.70 Å². The van der Waals surface area contributed by atoms with Crippen LogP contribution in [0.2, 0.25) is 0 Å². The van der Waals surface area contributed by atoms with Crippen molar-refractivity contribution in [3.8, 4) is 11.5 Å². The Morgan fingerprint density at radius 1 is 0.905 bits per heavy atom. The molecule has 0 spiro atoms. The molecule has 4 heteroatoms. The highest BCUT2D eigenvalue weighted by Crippen LogP contribution is 2.26. The summed E-state index contributed by atoms with van der Waals surface area (Å²) in [6.45, 7) is 8.00. The van der Waals surface area contributed by atoms with E-state index in [9.17, 15) is 0 Å². The summed E-state index contributed by atoms with van der Waals surface area (Å²) < 4.78 is 6.78. The molecule has 0 atom stereocenters. The molecule has 3 rings (SSSR count). The zero-order chi connectivity index (χ0) is 15.7. The molecule has 0 aliphatic carbocycles. The lowest BCUT2D eigenvalue weighted by Gasteiger charge is -2.04. The van der Waals surface area contributed by atoms with Crippen molar-refractivity contribution in [3.05, 3.63) is 52.2 Å². The maximum Gasteiger partial charge on any atom is 0.129 e. The minimum Gasteiger partial charge on any atom is -0.457 e. The van der Waals surface area contributed by atoms with E-state index in [0.29, 0.717) is 0 Å². The summed E-state index contributed by atoms with van der Waals surface area (Å²) in [7, 11) is 0. The maximum absolute atomic E-state index is 5.74. The third-order valence-electron chi connectivity index (χ3n) is 2.46. The molecule has 2 aromatic carbocycles. The fraction of sp³-hybridized carbons (Fsp3) is 0.235. The van der Waals surface area contributed by atoms with Crippen molar-refractivity contribution < 1.29 is 4.74 Å². The molecule has 21 heavy (non-hydrogen) atoms. The summed E-state index contributed by atoms with van der Waals surface area (Å²) in [4.78, 5) is 0. The van der Waals surface area contributed by atoms with Crippen molar-refractivity contribution in [2.75, 3.05) is 0 Å². The average Bonchev–Trinajstić information content (AvgIpc) is 2.93. The van der Waals surface area contributed by atoms with Gasteiger partial charge in [0.15, 0.2) is 0 Å². The Bertz CT molecular complexity index is 650. The Kier molecular flexibility index (Phi) is 7.82. The largest absolute Gasteiger partial charge is 0.457 e. The number of para-hydroxylation sites is 1. The third kappa shape index (κ3) is 4.74. The standard InChI is InChI=1S/C13H9IN2O.2C2H6/c14-13-11-7-6-10(8-12(11)15-16-13)17-9-4-2-1-3-5-9;2*1-2/h1-8H,(H,15,16);2*1-2H3. The van der Waals surface area contributed by atoms with Gasteiger partial charge in [0.1, 0.15) is 15.2 Å². The van der Waals surface area contributed by atoms with Crippen LogP contribution in [0.5, 0.6) is 11.5 Å². The summed E-state index contributed by atoms with van der Waals surface area (Å²) in [5.74, 6) is 1.63. The van der Waals surface area contributed by atoms with E-state index in [1.807, 2.05) is 76.2 Å². The number of aromatic nitrogens is 2. The highest BCUT2D eigenvalue weighted by atomic mass is 127. The molecule has 1 aromatic heterocycles. The number of aromatic amines is 1. The molecule has 0 aliphatic rings. The molecule has 0 radical (unpaired) electrons. The second-order valence-electron chi connectivity index (χ2n) is 3.63. The van der Waals surface area contributed by atoms with Crippen LogP contribution in [0.1, 0.15) is 27.7 Å². The van der Waals surface area contributed by atoms with Gasteiger partial charge >= 0.3 is 0 Å². The molecule has 1 N–H and O–H groups in total. The van der Waals surface area contributed by atoms with Gasteiger partial charge in [-0.15, -0.1) is 0 Å². The number of hydrogen-bond donors (Lipinski definition) is 1. The van der Waals surface area contributed by atoms with Crippen molar-refractivity contribution in [3.63, 3.8) is 0 Å². The number of nitrogens with zero attached hydrogens (tertiary/aromatic N) is 1. The minimum atomic E-state index is 0.798. The van der Waals surface area contributed by atoms with Gasteiger partial charge in [0, 0.05) is 11.5 Å². The number of nitrogens with one attached hydrogen (secondary N) is 1. The first-order chi connectivity index (χ1) is 10.3. The van der Waals surface area contributed by atoms with Crippen LogP contribution in [0.4, 0.5) is 0 Å². The van der Waals surface area contributed by atoms with Gasteiger partial charge in [-0.05, 0) is 46.9 Å². The summed E-state index contributed by atoms with van der Waals surface area (Å²) >= 11 is 2.23. The van der Waals surface area contributed by atoms with Crippen LogP contribution in [-0.4, -0.2) is 10.2 Å². The molecule has 0 aliphatic heterocycles. The van der Waals surface area contributed by atoms with Gasteiger partial charge in [-0.2, -0.15) is 5.10 Å². The Balaban J connectivity index is 0.000000510. The van der Waals surface area contributed by atoms with Gasteiger partial charge in [-0.1, -0.05) is 45.9 Å². The van der Waals surface area contributed by atoms with Crippen molar-refractivity contribution in [2.24, 2.45) is 0 Å². The Morgan fingerprint density at radius 2 is 1.57 bits per heavy atom. The monoisotopic (exact) mass is 396 g/mol. The molecule has 3 aromatic rings. The fourth-order valence-electron chi connectivity index (χ4n) is 1.65. The summed E-state index contributed by atoms with van der Waals surface area (Å²) in [6, 6.07) is 15.6. The van der Waals surface area contributed by atoms with Crippen LogP contribution < -0.4 is 4.74 Å². The third-order valence-corrected chi connectivity index (χ3v) is 3.28. The van der Waals surface area contributed by atoms with Gasteiger partial charge in [0.2, 0.25) is 0 Å². The predicted molar refractivity (Wildman–Crippen MR) is 98.0 cm³/mol. The number of H-pyrrole nitrogens is 1. The van der Waals surface area contributed by atoms with E-state index in [0.717, 1.165) is 26.1 Å². The lowest BCUT2D eigenvalue weighted by atomic mass is 10.2. The summed E-state index contributed by atoms with van der Waals surface area (Å²) in [6.07, 6.45) is 0. The number of benzene rings is 2. The molecule has 0 bridgehead atoms. The number of fused-ring (bicyclic) bond motifs is 1. The topological polar surface area (TPSA) is 37.9 Å². The van der Waals surface area contributed by atoms with E-state index < -0.39 is 0 Å². The number of hydrogen-bond acceptors (Lipinski definition) is 2. The summed E-state index contributed by atoms with van der Waals surface area (Å²) in [5.41, 5.74) is 0.919. The van der Waals surface area contributed by atoms with Crippen LogP contribution in [-0.2, 0) is 0 Å². The van der Waals surface area contributed by atoms with Gasteiger partial charge in [0.05, 0.1) is 5.52 Å². The summed E-state index contributed by atoms with van der Waals surface area (Å²) in [5, 5.41) is 8.27. The highest BCUT2D eigenvalue weighted by Gasteiger charge is 2.04. The Labute approximate surface area is 139 Å². The second kappa shape index (κ2) is 9.39. The second-order valence-corrected chi connectivity index (χ2v) is 4.71. The van der Waals surface area contributed by atoms with E-state index in [1.54, 1.807) is 0 Å². The van der Waals surface area contributed by atoms with E-state index in [-0.39, 0.29) is 0 Å². The van der Waals surface area contributed by atoms with E-state index in [4.69, 9.17) is 4.74 Å². The average molecular weight is 396 g/mol. The zero-order valence-electron chi connectivity index (χ0n) is 12.9. The first kappa shape index (κ1) is 17.5. The first-order valence-corrected chi connectivity index (χ1v) is 8.27. The Hall–Kier alpha value is -1.56. The van der Waals surface area contributed by atoms with E-state index in [1.165, 1.54) is 0 Å². The van der Waals surface area contributed by atoms with Crippen molar-refractivity contribution in [1.82, 2.24) is 10.2 Å². The zero-order valence-corrected chi connectivity index (χ0v) is 15.0. The minimum absolute atomic E-state index is 0.798. The van der Waals surface area contributed by atoms with Crippen LogP contribution in [0.25, 0.3) is 10.9 Å². The smallest absolute Gasteiger partial charge is 0.129 e. The van der Waals surface area contributed by atoms with Crippen LogP contribution in [0.15, 0.2) is 48.5 Å². The molecule has 0 amide bonds. The molecule has 3 nitrogen and oxygen atoms in total. The molecule has 112 valence electrons. The molecule has 0 unspecified atom stereocenters. The molecule has 1 heterocycles. The van der Waals surface area contributed by atoms with Crippen LogP contribution >= 0.6 is 22.6 Å². The highest BCUT2D eigenvalue weighted by molar-refractivity contribution is 14.1. The normalized spacial score (nSPS) is 9.19. The van der Waals surface area contributed by atoms with Gasteiger partial charge in [-0.25, -0.2) is 0 Å². The number of rotatable bonds is 2. The van der Waals surface area contributed by atoms with E-state index in [2.05, 4.69) is 32.8 Å². The van der Waals surface area contributed by atoms with Crippen LogP contribution in [0.3, 0.4) is 0 Å². The SMILES string of the molecule is CC.CC.Ic1[nH]nc2cc(Oc3ccccc3)ccc12. The maximum atomic E-state index is 5.74. The van der Waals surface area contributed by atoms with Crippen molar-refractivity contribution >= 4 is 33.5 Å². The molecule has 0 saturated heterocycles. The molecular formula is C17H21IN2O. The molecule has 0 saturated carbocycles. The van der Waals surface area contributed by atoms with E-state index >= 15 is 0 Å². The van der Waals surface area contributed by atoms with Gasteiger partial charge in [-0.3, -0.25) is 5.10 Å². The fourth-order valence-corrected chi connectivity index (χ4v) is 2.22. The Morgan fingerprint density at radius 3 is 2.24 bits per heavy atom. The molecular weight excluding hydrogens is 375 g/mol. The van der Waals surface area contributed by atoms with Crippen molar-refractivity contribution in [1.29, 1.82) is 0 Å².